The van der Waals surface area contributed by atoms with Crippen molar-refractivity contribution in [1.82, 2.24) is 0 Å². The quantitative estimate of drug-likeness (QED) is 0.385. The van der Waals surface area contributed by atoms with Gasteiger partial charge in [-0.2, -0.15) is 0 Å². The van der Waals surface area contributed by atoms with Crippen LogP contribution in [0.5, 0.6) is 11.5 Å². The van der Waals surface area contributed by atoms with E-state index < -0.39 is 11.9 Å². The van der Waals surface area contributed by atoms with Gasteiger partial charge in [0.2, 0.25) is 0 Å². The van der Waals surface area contributed by atoms with Crippen LogP contribution in [0.3, 0.4) is 0 Å². The third-order valence-electron chi connectivity index (χ3n) is 3.12. The molecule has 0 aliphatic rings. The summed E-state index contributed by atoms with van der Waals surface area (Å²) in [5.41, 5.74) is 2.31. The number of hydrogen-bond donors (Lipinski definition) is 0. The maximum absolute atomic E-state index is 11.6. The Morgan fingerprint density at radius 1 is 0.778 bits per heavy atom. The standard InChI is InChI=1S/C20H18O4.C3H8/c1-13(2)19(21)23-17-9-5-7-15(11-17)16-8-6-10-18(12-16)24-20(22)14(3)4;1-3-2/h5-12H,1,3H2,2,4H3;3H2,1-2H3. The highest BCUT2D eigenvalue weighted by molar-refractivity contribution is 5.89. The van der Waals surface area contributed by atoms with Crippen molar-refractivity contribution in [2.45, 2.75) is 34.1 Å². The number of benzene rings is 2. The van der Waals surface area contributed by atoms with E-state index in [4.69, 9.17) is 9.47 Å². The number of ether oxygens (including phenoxy) is 2. The molecular formula is C23H26O4. The van der Waals surface area contributed by atoms with Crippen LogP contribution in [0, 0.1) is 0 Å². The average Bonchev–Trinajstić information content (AvgIpc) is 2.62. The van der Waals surface area contributed by atoms with Gasteiger partial charge in [0.1, 0.15) is 11.5 Å². The molecule has 27 heavy (non-hydrogen) atoms. The maximum atomic E-state index is 11.6. The van der Waals surface area contributed by atoms with Gasteiger partial charge in [-0.3, -0.25) is 0 Å². The van der Waals surface area contributed by atoms with Crippen molar-refractivity contribution >= 4 is 11.9 Å². The Morgan fingerprint density at radius 3 is 1.41 bits per heavy atom. The first-order valence-electron chi connectivity index (χ1n) is 8.74. The minimum Gasteiger partial charge on any atom is -0.423 e. The number of esters is 2. The summed E-state index contributed by atoms with van der Waals surface area (Å²) >= 11 is 0. The fraction of sp³-hybridized carbons (Fsp3) is 0.217. The van der Waals surface area contributed by atoms with Gasteiger partial charge in [-0.15, -0.1) is 0 Å². The lowest BCUT2D eigenvalue weighted by atomic mass is 10.1. The Balaban J connectivity index is 0.00000114. The van der Waals surface area contributed by atoms with E-state index in [-0.39, 0.29) is 0 Å². The summed E-state index contributed by atoms with van der Waals surface area (Å²) in [7, 11) is 0. The summed E-state index contributed by atoms with van der Waals surface area (Å²) in [5.74, 6) is -0.109. The normalized spacial score (nSPS) is 9.48. The lowest BCUT2D eigenvalue weighted by Crippen LogP contribution is -2.08. The Morgan fingerprint density at radius 2 is 1.11 bits per heavy atom. The largest absolute Gasteiger partial charge is 0.423 e. The van der Waals surface area contributed by atoms with Gasteiger partial charge in [-0.1, -0.05) is 57.7 Å². The van der Waals surface area contributed by atoms with E-state index in [0.29, 0.717) is 22.6 Å². The zero-order chi connectivity index (χ0) is 20.4. The number of hydrogen-bond acceptors (Lipinski definition) is 4. The first-order valence-corrected chi connectivity index (χ1v) is 8.74. The zero-order valence-corrected chi connectivity index (χ0v) is 16.4. The molecule has 0 atom stereocenters. The molecule has 0 unspecified atom stereocenters. The van der Waals surface area contributed by atoms with Crippen LogP contribution >= 0.6 is 0 Å². The third-order valence-corrected chi connectivity index (χ3v) is 3.12. The van der Waals surface area contributed by atoms with Crippen LogP contribution in [0.15, 0.2) is 72.8 Å². The Kier molecular flexibility index (Phi) is 8.73. The molecule has 0 saturated heterocycles. The molecule has 0 aromatic heterocycles. The molecule has 4 nitrogen and oxygen atoms in total. The molecule has 0 fully saturated rings. The molecule has 0 amide bonds. The summed E-state index contributed by atoms with van der Waals surface area (Å²) in [5, 5.41) is 0. The summed E-state index contributed by atoms with van der Waals surface area (Å²) in [4.78, 5) is 23.2. The summed E-state index contributed by atoms with van der Waals surface area (Å²) < 4.78 is 10.5. The van der Waals surface area contributed by atoms with Gasteiger partial charge < -0.3 is 9.47 Å². The molecule has 2 aromatic carbocycles. The van der Waals surface area contributed by atoms with E-state index in [9.17, 15) is 9.59 Å². The molecule has 2 rings (SSSR count). The second kappa shape index (κ2) is 10.8. The first-order chi connectivity index (χ1) is 12.8. The molecule has 0 spiro atoms. The monoisotopic (exact) mass is 366 g/mol. The van der Waals surface area contributed by atoms with Gasteiger partial charge >= 0.3 is 11.9 Å². The number of carbonyl (C=O) groups excluding carboxylic acids is 2. The van der Waals surface area contributed by atoms with Gasteiger partial charge in [0.25, 0.3) is 0 Å². The van der Waals surface area contributed by atoms with E-state index in [1.165, 1.54) is 6.42 Å². The Labute approximate surface area is 161 Å². The van der Waals surface area contributed by atoms with E-state index in [1.54, 1.807) is 50.2 Å². The third kappa shape index (κ3) is 7.32. The van der Waals surface area contributed by atoms with Crippen LogP contribution < -0.4 is 9.47 Å². The number of carbonyl (C=O) groups is 2. The molecular weight excluding hydrogens is 340 g/mol. The van der Waals surface area contributed by atoms with Crippen molar-refractivity contribution in [3.05, 3.63) is 72.8 Å². The maximum Gasteiger partial charge on any atom is 0.338 e. The van der Waals surface area contributed by atoms with Crippen LogP contribution in [0.1, 0.15) is 34.1 Å². The van der Waals surface area contributed by atoms with E-state index in [0.717, 1.165) is 11.1 Å². The predicted molar refractivity (Wildman–Crippen MR) is 109 cm³/mol. The lowest BCUT2D eigenvalue weighted by Gasteiger charge is -2.09. The van der Waals surface area contributed by atoms with Crippen LogP contribution in [0.4, 0.5) is 0 Å². The van der Waals surface area contributed by atoms with Crippen molar-refractivity contribution in [2.75, 3.05) is 0 Å². The first kappa shape index (κ1) is 21.9. The number of rotatable bonds is 5. The summed E-state index contributed by atoms with van der Waals surface area (Å²) in [6, 6.07) is 14.2. The van der Waals surface area contributed by atoms with Gasteiger partial charge in [-0.05, 0) is 49.2 Å². The van der Waals surface area contributed by atoms with Crippen molar-refractivity contribution in [1.29, 1.82) is 0 Å². The van der Waals surface area contributed by atoms with Crippen molar-refractivity contribution in [2.24, 2.45) is 0 Å². The van der Waals surface area contributed by atoms with Gasteiger partial charge in [-0.25, -0.2) is 9.59 Å². The van der Waals surface area contributed by atoms with Crippen LogP contribution in [-0.4, -0.2) is 11.9 Å². The van der Waals surface area contributed by atoms with Crippen molar-refractivity contribution < 1.29 is 19.1 Å². The zero-order valence-electron chi connectivity index (χ0n) is 16.4. The van der Waals surface area contributed by atoms with Crippen molar-refractivity contribution in [3.63, 3.8) is 0 Å². The van der Waals surface area contributed by atoms with Gasteiger partial charge in [0, 0.05) is 11.1 Å². The van der Waals surface area contributed by atoms with E-state index >= 15 is 0 Å². The molecule has 0 saturated carbocycles. The Bertz CT molecular complexity index is 764. The molecule has 0 aliphatic carbocycles. The molecule has 0 N–H and O–H groups in total. The highest BCUT2D eigenvalue weighted by Crippen LogP contribution is 2.27. The molecule has 0 aliphatic heterocycles. The smallest absolute Gasteiger partial charge is 0.338 e. The van der Waals surface area contributed by atoms with Crippen LogP contribution in [-0.2, 0) is 9.59 Å². The molecule has 4 heteroatoms. The Hall–Kier alpha value is -3.14. The average molecular weight is 366 g/mol. The van der Waals surface area contributed by atoms with Crippen LogP contribution in [0.25, 0.3) is 11.1 Å². The lowest BCUT2D eigenvalue weighted by molar-refractivity contribution is -0.130. The highest BCUT2D eigenvalue weighted by atomic mass is 16.5. The SMILES string of the molecule is C=C(C)C(=O)Oc1cccc(-c2cccc(OC(=O)C(=C)C)c2)c1.CCC. The molecule has 2 aromatic rings. The van der Waals surface area contributed by atoms with Crippen molar-refractivity contribution in [3.8, 4) is 22.6 Å². The van der Waals surface area contributed by atoms with Gasteiger partial charge in [0.05, 0.1) is 0 Å². The molecule has 0 bridgehead atoms. The highest BCUT2D eigenvalue weighted by Gasteiger charge is 2.09. The molecule has 142 valence electrons. The van der Waals surface area contributed by atoms with Gasteiger partial charge in [0.15, 0.2) is 0 Å². The van der Waals surface area contributed by atoms with E-state index in [1.807, 2.05) is 12.1 Å². The summed E-state index contributed by atoms with van der Waals surface area (Å²) in [6.07, 6.45) is 1.25. The molecule has 0 heterocycles. The van der Waals surface area contributed by atoms with Crippen LogP contribution in [0.2, 0.25) is 0 Å². The fourth-order valence-corrected chi connectivity index (χ4v) is 1.87. The topological polar surface area (TPSA) is 52.6 Å². The summed E-state index contributed by atoms with van der Waals surface area (Å²) in [6.45, 7) is 14.5. The predicted octanol–water partition coefficient (Wildman–Crippen LogP) is 5.73. The fourth-order valence-electron chi connectivity index (χ4n) is 1.87. The molecule has 0 radical (unpaired) electrons. The minimum absolute atomic E-state index is 0.328. The second-order valence-corrected chi connectivity index (χ2v) is 6.10. The minimum atomic E-state index is -0.476. The second-order valence-electron chi connectivity index (χ2n) is 6.10. The van der Waals surface area contributed by atoms with E-state index in [2.05, 4.69) is 27.0 Å².